The van der Waals surface area contributed by atoms with Crippen molar-refractivity contribution in [2.45, 2.75) is 0 Å². The molecule has 5 nitrogen and oxygen atoms in total. The number of nitrogens with one attached hydrogen (secondary N) is 2. The van der Waals surface area contributed by atoms with Crippen molar-refractivity contribution in [3.05, 3.63) is 52.9 Å². The van der Waals surface area contributed by atoms with Crippen LogP contribution in [0.2, 0.25) is 0 Å². The van der Waals surface area contributed by atoms with Gasteiger partial charge in [-0.3, -0.25) is 9.89 Å². The summed E-state index contributed by atoms with van der Waals surface area (Å²) in [6, 6.07) is 9.01. The molecule has 0 saturated carbocycles. The zero-order valence-corrected chi connectivity index (χ0v) is 11.3. The fourth-order valence-corrected chi connectivity index (χ4v) is 1.96. The summed E-state index contributed by atoms with van der Waals surface area (Å²) in [6.07, 6.45) is 3.26. The molecule has 0 aliphatic rings. The maximum Gasteiger partial charge on any atom is 0.257 e. The van der Waals surface area contributed by atoms with E-state index in [0.717, 1.165) is 10.9 Å². The number of fused-ring (bicyclic) bond motifs is 1. The third kappa shape index (κ3) is 2.48. The molecule has 1 amide bonds. The van der Waals surface area contributed by atoms with E-state index in [-0.39, 0.29) is 5.91 Å². The van der Waals surface area contributed by atoms with E-state index in [1.54, 1.807) is 18.3 Å². The first kappa shape index (κ1) is 11.9. The van der Waals surface area contributed by atoms with Crippen LogP contribution in [-0.4, -0.2) is 21.1 Å². The van der Waals surface area contributed by atoms with E-state index in [1.165, 1.54) is 6.20 Å². The largest absolute Gasteiger partial charge is 0.322 e. The van der Waals surface area contributed by atoms with Crippen molar-refractivity contribution in [3.63, 3.8) is 0 Å². The van der Waals surface area contributed by atoms with Gasteiger partial charge in [0.25, 0.3) is 5.91 Å². The molecule has 3 aromatic rings. The van der Waals surface area contributed by atoms with Crippen molar-refractivity contribution in [2.24, 2.45) is 0 Å². The third-order valence-corrected chi connectivity index (χ3v) is 3.16. The highest BCUT2D eigenvalue weighted by Gasteiger charge is 2.07. The van der Waals surface area contributed by atoms with E-state index >= 15 is 0 Å². The van der Waals surface area contributed by atoms with Crippen LogP contribution in [0.1, 0.15) is 10.4 Å². The van der Waals surface area contributed by atoms with E-state index in [0.29, 0.717) is 15.9 Å². The van der Waals surface area contributed by atoms with Gasteiger partial charge in [-0.2, -0.15) is 5.10 Å². The number of carbonyl (C=O) groups is 1. The van der Waals surface area contributed by atoms with Crippen molar-refractivity contribution in [2.75, 3.05) is 5.32 Å². The van der Waals surface area contributed by atoms with Gasteiger partial charge in [0.1, 0.15) is 4.60 Å². The van der Waals surface area contributed by atoms with Crippen LogP contribution >= 0.6 is 15.9 Å². The molecular formula is C13H9BrN4O. The number of aromatic amines is 1. The van der Waals surface area contributed by atoms with Crippen molar-refractivity contribution in [1.29, 1.82) is 0 Å². The monoisotopic (exact) mass is 316 g/mol. The number of hydrogen-bond acceptors (Lipinski definition) is 3. The Balaban J connectivity index is 1.83. The molecule has 0 saturated heterocycles. The molecule has 19 heavy (non-hydrogen) atoms. The number of nitrogens with zero attached hydrogens (tertiary/aromatic N) is 2. The summed E-state index contributed by atoms with van der Waals surface area (Å²) in [5, 5.41) is 10.6. The molecule has 2 N–H and O–H groups in total. The summed E-state index contributed by atoms with van der Waals surface area (Å²) in [4.78, 5) is 16.0. The minimum absolute atomic E-state index is 0.195. The van der Waals surface area contributed by atoms with Crippen molar-refractivity contribution in [1.82, 2.24) is 15.2 Å². The minimum atomic E-state index is -0.195. The molecular weight excluding hydrogens is 308 g/mol. The molecule has 0 atom stereocenters. The molecule has 1 aromatic carbocycles. The van der Waals surface area contributed by atoms with Crippen molar-refractivity contribution in [3.8, 4) is 0 Å². The number of aromatic nitrogens is 3. The smallest absolute Gasteiger partial charge is 0.257 e. The normalized spacial score (nSPS) is 10.6. The van der Waals surface area contributed by atoms with Gasteiger partial charge in [-0.25, -0.2) is 4.98 Å². The van der Waals surface area contributed by atoms with E-state index in [9.17, 15) is 4.79 Å². The van der Waals surface area contributed by atoms with Crippen LogP contribution < -0.4 is 5.32 Å². The van der Waals surface area contributed by atoms with Gasteiger partial charge in [0.05, 0.1) is 17.3 Å². The van der Waals surface area contributed by atoms with Crippen LogP contribution in [0.15, 0.2) is 47.3 Å². The second kappa shape index (κ2) is 4.81. The van der Waals surface area contributed by atoms with Crippen molar-refractivity contribution < 1.29 is 4.79 Å². The first-order valence-electron chi connectivity index (χ1n) is 5.58. The molecule has 0 spiro atoms. The Morgan fingerprint density at radius 1 is 1.21 bits per heavy atom. The first-order valence-corrected chi connectivity index (χ1v) is 6.38. The summed E-state index contributed by atoms with van der Waals surface area (Å²) < 4.78 is 0.697. The Hall–Kier alpha value is -2.21. The zero-order valence-electron chi connectivity index (χ0n) is 9.72. The number of hydrogen-bond donors (Lipinski definition) is 2. The SMILES string of the molecule is O=C(Nc1ccc2cn[nH]c2c1)c1ccc(Br)nc1. The highest BCUT2D eigenvalue weighted by Crippen LogP contribution is 2.17. The van der Waals surface area contributed by atoms with Gasteiger partial charge in [0.15, 0.2) is 0 Å². The standard InChI is InChI=1S/C13H9BrN4O/c14-12-4-2-9(6-15-12)13(19)17-10-3-1-8-7-16-18-11(8)5-10/h1-7H,(H,16,18)(H,17,19). The predicted octanol–water partition coefficient (Wildman–Crippen LogP) is 2.97. The first-order chi connectivity index (χ1) is 9.22. The molecule has 0 bridgehead atoms. The quantitative estimate of drug-likeness (QED) is 0.714. The van der Waals surface area contributed by atoms with Gasteiger partial charge in [-0.05, 0) is 46.3 Å². The number of benzene rings is 1. The average molecular weight is 317 g/mol. The van der Waals surface area contributed by atoms with Gasteiger partial charge in [-0.1, -0.05) is 0 Å². The molecule has 94 valence electrons. The fourth-order valence-electron chi connectivity index (χ4n) is 1.73. The number of anilines is 1. The lowest BCUT2D eigenvalue weighted by molar-refractivity contribution is 0.102. The average Bonchev–Trinajstić information content (AvgIpc) is 2.87. The molecule has 0 aliphatic heterocycles. The second-order valence-electron chi connectivity index (χ2n) is 4.00. The summed E-state index contributed by atoms with van der Waals surface area (Å²) in [7, 11) is 0. The lowest BCUT2D eigenvalue weighted by Gasteiger charge is -2.05. The topological polar surface area (TPSA) is 70.7 Å². The summed E-state index contributed by atoms with van der Waals surface area (Å²) >= 11 is 3.23. The lowest BCUT2D eigenvalue weighted by atomic mass is 10.2. The summed E-state index contributed by atoms with van der Waals surface area (Å²) in [5.41, 5.74) is 2.10. The Bertz CT molecular complexity index is 736. The van der Waals surface area contributed by atoms with Gasteiger partial charge >= 0.3 is 0 Å². The molecule has 6 heteroatoms. The maximum atomic E-state index is 12.0. The number of rotatable bonds is 2. The maximum absolute atomic E-state index is 12.0. The van der Waals surface area contributed by atoms with Gasteiger partial charge in [0, 0.05) is 17.3 Å². The molecule has 0 radical (unpaired) electrons. The lowest BCUT2D eigenvalue weighted by Crippen LogP contribution is -2.11. The van der Waals surface area contributed by atoms with Gasteiger partial charge < -0.3 is 5.32 Å². The van der Waals surface area contributed by atoms with E-state index in [4.69, 9.17) is 0 Å². The minimum Gasteiger partial charge on any atom is -0.322 e. The molecule has 3 rings (SSSR count). The van der Waals surface area contributed by atoms with Gasteiger partial charge in [0.2, 0.25) is 0 Å². The van der Waals surface area contributed by atoms with Crippen LogP contribution in [0.4, 0.5) is 5.69 Å². The van der Waals surface area contributed by atoms with E-state index in [2.05, 4.69) is 36.4 Å². The Labute approximate surface area is 117 Å². The Kier molecular flexibility index (Phi) is 3.00. The zero-order chi connectivity index (χ0) is 13.2. The molecule has 2 heterocycles. The van der Waals surface area contributed by atoms with Crippen LogP contribution in [0.25, 0.3) is 10.9 Å². The molecule has 0 fully saturated rings. The summed E-state index contributed by atoms with van der Waals surface area (Å²) in [6.45, 7) is 0. The van der Waals surface area contributed by atoms with E-state index < -0.39 is 0 Å². The van der Waals surface area contributed by atoms with Crippen LogP contribution in [0.3, 0.4) is 0 Å². The van der Waals surface area contributed by atoms with Crippen LogP contribution in [0.5, 0.6) is 0 Å². The van der Waals surface area contributed by atoms with Crippen LogP contribution in [0, 0.1) is 0 Å². The number of carbonyl (C=O) groups excluding carboxylic acids is 1. The highest BCUT2D eigenvalue weighted by atomic mass is 79.9. The predicted molar refractivity (Wildman–Crippen MR) is 76.0 cm³/mol. The number of halogens is 1. The Morgan fingerprint density at radius 3 is 2.89 bits per heavy atom. The fraction of sp³-hybridized carbons (Fsp3) is 0. The highest BCUT2D eigenvalue weighted by molar-refractivity contribution is 9.10. The second-order valence-corrected chi connectivity index (χ2v) is 4.81. The summed E-state index contributed by atoms with van der Waals surface area (Å²) in [5.74, 6) is -0.195. The molecule has 0 unspecified atom stereocenters. The van der Waals surface area contributed by atoms with Gasteiger partial charge in [-0.15, -0.1) is 0 Å². The third-order valence-electron chi connectivity index (χ3n) is 2.69. The van der Waals surface area contributed by atoms with Crippen molar-refractivity contribution >= 4 is 38.4 Å². The number of pyridine rings is 1. The van der Waals surface area contributed by atoms with E-state index in [1.807, 2.05) is 18.2 Å². The molecule has 0 aliphatic carbocycles. The van der Waals surface area contributed by atoms with Crippen LogP contribution in [-0.2, 0) is 0 Å². The number of amides is 1. The Morgan fingerprint density at radius 2 is 2.11 bits per heavy atom. The number of H-pyrrole nitrogens is 1. The molecule has 2 aromatic heterocycles.